The molecular formula is C14H32NO3P. The number of hydrogen-bond acceptors (Lipinski definition) is 1. The Hall–Kier alpha value is 0.110. The fraction of sp³-hybridized carbons (Fsp3) is 1.00. The maximum atomic E-state index is 11.4. The van der Waals surface area contributed by atoms with Crippen LogP contribution in [0.2, 0.25) is 0 Å². The van der Waals surface area contributed by atoms with E-state index in [-0.39, 0.29) is 6.04 Å². The van der Waals surface area contributed by atoms with Gasteiger partial charge in [-0.25, -0.2) is 9.24 Å². The Balaban J connectivity index is 4.18. The molecule has 0 aromatic rings. The molecule has 0 unspecified atom stereocenters. The maximum absolute atomic E-state index is 11.4. The number of rotatable bonds is 12. The Bertz CT molecular complexity index is 243. The van der Waals surface area contributed by atoms with Gasteiger partial charge in [-0.05, 0) is 19.9 Å². The molecule has 5 heteroatoms. The van der Waals surface area contributed by atoms with Gasteiger partial charge in [-0.15, -0.1) is 0 Å². The summed E-state index contributed by atoms with van der Waals surface area (Å²) in [5.41, 5.74) is 0. The molecule has 0 aliphatic rings. The van der Waals surface area contributed by atoms with Crippen LogP contribution in [0.25, 0.3) is 0 Å². The van der Waals surface area contributed by atoms with Crippen LogP contribution in [-0.2, 0) is 4.57 Å². The molecule has 0 heterocycles. The van der Waals surface area contributed by atoms with Gasteiger partial charge < -0.3 is 9.79 Å². The van der Waals surface area contributed by atoms with Crippen LogP contribution < -0.4 is 0 Å². The highest BCUT2D eigenvalue weighted by Crippen LogP contribution is 2.42. The average molecular weight is 293 g/mol. The van der Waals surface area contributed by atoms with Gasteiger partial charge >= 0.3 is 7.75 Å². The largest absolute Gasteiger partial charge is 0.402 e. The Morgan fingerprint density at radius 1 is 0.895 bits per heavy atom. The summed E-state index contributed by atoms with van der Waals surface area (Å²) >= 11 is 0. The maximum Gasteiger partial charge on any atom is 0.402 e. The van der Waals surface area contributed by atoms with E-state index in [0.29, 0.717) is 0 Å². The van der Waals surface area contributed by atoms with E-state index in [9.17, 15) is 14.4 Å². The zero-order chi connectivity index (χ0) is 14.7. The molecule has 0 aliphatic carbocycles. The monoisotopic (exact) mass is 293 g/mol. The van der Waals surface area contributed by atoms with Gasteiger partial charge in [0.05, 0.1) is 0 Å². The zero-order valence-corrected chi connectivity index (χ0v) is 13.7. The van der Waals surface area contributed by atoms with Crippen molar-refractivity contribution in [2.24, 2.45) is 0 Å². The summed E-state index contributed by atoms with van der Waals surface area (Å²) in [5.74, 6) is 0. The number of hydrogen-bond donors (Lipinski definition) is 2. The predicted molar refractivity (Wildman–Crippen MR) is 81.1 cm³/mol. The molecule has 0 rings (SSSR count). The summed E-state index contributed by atoms with van der Waals surface area (Å²) < 4.78 is 12.7. The highest BCUT2D eigenvalue weighted by Gasteiger charge is 2.28. The lowest BCUT2D eigenvalue weighted by Crippen LogP contribution is -2.29. The van der Waals surface area contributed by atoms with E-state index < -0.39 is 7.75 Å². The third-order valence-electron chi connectivity index (χ3n) is 3.72. The highest BCUT2D eigenvalue weighted by molar-refractivity contribution is 7.49. The second kappa shape index (κ2) is 10.8. The van der Waals surface area contributed by atoms with E-state index in [0.717, 1.165) is 38.5 Å². The molecular weight excluding hydrogens is 261 g/mol. The molecule has 2 N–H and O–H groups in total. The molecule has 0 bridgehead atoms. The topological polar surface area (TPSA) is 60.8 Å². The normalized spacial score (nSPS) is 12.6. The van der Waals surface area contributed by atoms with Crippen LogP contribution in [0.1, 0.15) is 78.1 Å². The molecule has 0 fully saturated rings. The Morgan fingerprint density at radius 2 is 1.32 bits per heavy atom. The van der Waals surface area contributed by atoms with Gasteiger partial charge in [0.2, 0.25) is 0 Å². The van der Waals surface area contributed by atoms with E-state index in [1.165, 1.54) is 30.4 Å². The predicted octanol–water partition coefficient (Wildman–Crippen LogP) is 4.32. The van der Waals surface area contributed by atoms with Gasteiger partial charge in [0.25, 0.3) is 0 Å². The molecule has 0 aromatic heterocycles. The molecule has 0 atom stereocenters. The van der Waals surface area contributed by atoms with Crippen molar-refractivity contribution in [1.29, 1.82) is 0 Å². The number of nitrogens with zero attached hydrogens (tertiary/aromatic N) is 1. The summed E-state index contributed by atoms with van der Waals surface area (Å²) in [6.07, 6.45) is 11.1. The molecule has 0 saturated carbocycles. The Morgan fingerprint density at radius 3 is 1.63 bits per heavy atom. The highest BCUT2D eigenvalue weighted by atomic mass is 31.2. The van der Waals surface area contributed by atoms with E-state index in [1.54, 1.807) is 7.05 Å². The van der Waals surface area contributed by atoms with Gasteiger partial charge in [0.15, 0.2) is 0 Å². The first kappa shape index (κ1) is 19.1. The lowest BCUT2D eigenvalue weighted by atomic mass is 10.0. The van der Waals surface area contributed by atoms with Crippen molar-refractivity contribution >= 4 is 7.75 Å². The van der Waals surface area contributed by atoms with Crippen molar-refractivity contribution in [2.45, 2.75) is 84.1 Å². The van der Waals surface area contributed by atoms with Crippen molar-refractivity contribution in [3.63, 3.8) is 0 Å². The third-order valence-corrected chi connectivity index (χ3v) is 4.87. The molecule has 19 heavy (non-hydrogen) atoms. The van der Waals surface area contributed by atoms with Crippen molar-refractivity contribution in [1.82, 2.24) is 4.67 Å². The van der Waals surface area contributed by atoms with Crippen molar-refractivity contribution in [3.8, 4) is 0 Å². The van der Waals surface area contributed by atoms with Crippen LogP contribution in [0.4, 0.5) is 0 Å². The minimum Gasteiger partial charge on any atom is -0.312 e. The van der Waals surface area contributed by atoms with E-state index in [2.05, 4.69) is 13.8 Å². The zero-order valence-electron chi connectivity index (χ0n) is 12.8. The second-order valence-electron chi connectivity index (χ2n) is 5.44. The van der Waals surface area contributed by atoms with Gasteiger partial charge in [-0.2, -0.15) is 0 Å². The smallest absolute Gasteiger partial charge is 0.312 e. The summed E-state index contributed by atoms with van der Waals surface area (Å²) in [6, 6.07) is 0.0227. The van der Waals surface area contributed by atoms with E-state index in [4.69, 9.17) is 0 Å². The molecule has 0 radical (unpaired) electrons. The summed E-state index contributed by atoms with van der Waals surface area (Å²) in [6.45, 7) is 4.34. The fourth-order valence-corrected chi connectivity index (χ4v) is 3.00. The first-order chi connectivity index (χ1) is 8.93. The molecule has 0 saturated heterocycles. The third kappa shape index (κ3) is 9.61. The molecule has 0 aliphatic heterocycles. The van der Waals surface area contributed by atoms with Gasteiger partial charge in [0, 0.05) is 6.04 Å². The van der Waals surface area contributed by atoms with Gasteiger partial charge in [-0.1, -0.05) is 65.2 Å². The van der Waals surface area contributed by atoms with Crippen LogP contribution in [-0.4, -0.2) is 27.5 Å². The lowest BCUT2D eigenvalue weighted by molar-refractivity contribution is 0.232. The first-order valence-electron chi connectivity index (χ1n) is 7.72. The minimum absolute atomic E-state index is 0.0227. The molecule has 0 aromatic carbocycles. The van der Waals surface area contributed by atoms with Gasteiger partial charge in [-0.3, -0.25) is 0 Å². The van der Waals surface area contributed by atoms with Crippen molar-refractivity contribution in [2.75, 3.05) is 7.05 Å². The Labute approximate surface area is 118 Å². The summed E-state index contributed by atoms with van der Waals surface area (Å²) in [4.78, 5) is 18.6. The second-order valence-corrected chi connectivity index (χ2v) is 7.10. The summed E-state index contributed by atoms with van der Waals surface area (Å²) in [7, 11) is -2.53. The van der Waals surface area contributed by atoms with Crippen LogP contribution in [0.15, 0.2) is 0 Å². The standard InChI is InChI=1S/C14H32NO3P/c1-4-6-8-10-12-14(13-11-9-7-5-2)15(3)19(16,17)18/h14H,4-13H2,1-3H3,(H2,16,17,18). The number of unbranched alkanes of at least 4 members (excludes halogenated alkanes) is 6. The SMILES string of the molecule is CCCCCCC(CCCCCC)N(C)P(=O)(O)O. The molecule has 0 spiro atoms. The minimum atomic E-state index is -4.09. The molecule has 116 valence electrons. The van der Waals surface area contributed by atoms with E-state index >= 15 is 0 Å². The molecule has 4 nitrogen and oxygen atoms in total. The van der Waals surface area contributed by atoms with Crippen molar-refractivity contribution < 1.29 is 14.4 Å². The quantitative estimate of drug-likeness (QED) is 0.415. The van der Waals surface area contributed by atoms with Crippen LogP contribution >= 0.6 is 7.75 Å². The van der Waals surface area contributed by atoms with Crippen LogP contribution in [0.3, 0.4) is 0 Å². The van der Waals surface area contributed by atoms with E-state index in [1.807, 2.05) is 0 Å². The first-order valence-corrected chi connectivity index (χ1v) is 9.28. The van der Waals surface area contributed by atoms with Crippen LogP contribution in [0, 0.1) is 0 Å². The average Bonchev–Trinajstić information content (AvgIpc) is 2.35. The summed E-state index contributed by atoms with van der Waals surface area (Å²) in [5, 5.41) is 0. The lowest BCUT2D eigenvalue weighted by Gasteiger charge is -2.28. The molecule has 0 amide bonds. The van der Waals surface area contributed by atoms with Crippen LogP contribution in [0.5, 0.6) is 0 Å². The Kier molecular flexibility index (Phi) is 10.9. The van der Waals surface area contributed by atoms with Gasteiger partial charge in [0.1, 0.15) is 0 Å². The van der Waals surface area contributed by atoms with Crippen molar-refractivity contribution in [3.05, 3.63) is 0 Å². The fourth-order valence-electron chi connectivity index (χ4n) is 2.34.